The maximum absolute atomic E-state index is 11.9. The van der Waals surface area contributed by atoms with Crippen LogP contribution in [0.5, 0.6) is 0 Å². The summed E-state index contributed by atoms with van der Waals surface area (Å²) >= 11 is 0. The van der Waals surface area contributed by atoms with Gasteiger partial charge < -0.3 is 11.1 Å². The van der Waals surface area contributed by atoms with Gasteiger partial charge in [-0.3, -0.25) is 9.78 Å². The second-order valence-electron chi connectivity index (χ2n) is 3.95. The lowest BCUT2D eigenvalue weighted by molar-refractivity contribution is 0.0935. The third-order valence-electron chi connectivity index (χ3n) is 2.57. The first kappa shape index (κ1) is 12.0. The maximum atomic E-state index is 11.9. The first-order valence-electron chi connectivity index (χ1n) is 5.59. The van der Waals surface area contributed by atoms with Crippen LogP contribution in [0.15, 0.2) is 42.9 Å². The minimum Gasteiger partial charge on any atom is -0.397 e. The SMILES string of the molecule is CC(NC(=O)c1ccc(N)cn1)c1ccncc1. The van der Waals surface area contributed by atoms with Crippen molar-refractivity contribution >= 4 is 11.6 Å². The molecule has 1 atom stereocenters. The fourth-order valence-corrected chi connectivity index (χ4v) is 1.55. The van der Waals surface area contributed by atoms with Crippen molar-refractivity contribution in [3.63, 3.8) is 0 Å². The average molecular weight is 242 g/mol. The lowest BCUT2D eigenvalue weighted by atomic mass is 10.1. The summed E-state index contributed by atoms with van der Waals surface area (Å²) in [5.74, 6) is -0.223. The van der Waals surface area contributed by atoms with Crippen molar-refractivity contribution in [1.82, 2.24) is 15.3 Å². The molecule has 0 aliphatic rings. The second kappa shape index (κ2) is 5.27. The van der Waals surface area contributed by atoms with Crippen molar-refractivity contribution in [3.8, 4) is 0 Å². The molecule has 0 fully saturated rings. The Bertz CT molecular complexity index is 524. The zero-order valence-electron chi connectivity index (χ0n) is 10.00. The highest BCUT2D eigenvalue weighted by atomic mass is 16.1. The van der Waals surface area contributed by atoms with Crippen LogP contribution in [0.1, 0.15) is 29.0 Å². The molecule has 0 radical (unpaired) electrons. The van der Waals surface area contributed by atoms with Crippen LogP contribution >= 0.6 is 0 Å². The quantitative estimate of drug-likeness (QED) is 0.855. The van der Waals surface area contributed by atoms with Crippen molar-refractivity contribution in [1.29, 1.82) is 0 Å². The highest BCUT2D eigenvalue weighted by Gasteiger charge is 2.11. The molecule has 0 saturated carbocycles. The van der Waals surface area contributed by atoms with E-state index in [0.717, 1.165) is 5.56 Å². The number of hydrogen-bond donors (Lipinski definition) is 2. The van der Waals surface area contributed by atoms with Crippen LogP contribution in [0.3, 0.4) is 0 Å². The molecular weight excluding hydrogens is 228 g/mol. The zero-order chi connectivity index (χ0) is 13.0. The van der Waals surface area contributed by atoms with Crippen LogP contribution in [0.2, 0.25) is 0 Å². The van der Waals surface area contributed by atoms with Crippen LogP contribution in [-0.4, -0.2) is 15.9 Å². The van der Waals surface area contributed by atoms with E-state index >= 15 is 0 Å². The van der Waals surface area contributed by atoms with Gasteiger partial charge in [-0.15, -0.1) is 0 Å². The van der Waals surface area contributed by atoms with E-state index in [9.17, 15) is 4.79 Å². The Morgan fingerprint density at radius 1 is 1.28 bits per heavy atom. The monoisotopic (exact) mass is 242 g/mol. The summed E-state index contributed by atoms with van der Waals surface area (Å²) in [6.07, 6.45) is 4.85. The topological polar surface area (TPSA) is 80.9 Å². The molecule has 2 heterocycles. The van der Waals surface area contributed by atoms with Gasteiger partial charge in [0, 0.05) is 12.4 Å². The summed E-state index contributed by atoms with van der Waals surface area (Å²) < 4.78 is 0. The highest BCUT2D eigenvalue weighted by molar-refractivity contribution is 5.92. The smallest absolute Gasteiger partial charge is 0.270 e. The van der Waals surface area contributed by atoms with Gasteiger partial charge in [0.2, 0.25) is 0 Å². The van der Waals surface area contributed by atoms with Gasteiger partial charge in [0.1, 0.15) is 5.69 Å². The van der Waals surface area contributed by atoms with Crippen LogP contribution in [0.4, 0.5) is 5.69 Å². The van der Waals surface area contributed by atoms with E-state index in [1.54, 1.807) is 24.5 Å². The fraction of sp³-hybridized carbons (Fsp3) is 0.154. The standard InChI is InChI=1S/C13H14N4O/c1-9(10-4-6-15-7-5-10)17-13(18)12-3-2-11(14)8-16-12/h2-9H,14H2,1H3,(H,17,18). The minimum absolute atomic E-state index is 0.0974. The van der Waals surface area contributed by atoms with Crippen molar-refractivity contribution in [2.24, 2.45) is 0 Å². The molecule has 0 aliphatic heterocycles. The number of carbonyl (C=O) groups excluding carboxylic acids is 1. The van der Waals surface area contributed by atoms with Crippen LogP contribution in [-0.2, 0) is 0 Å². The van der Waals surface area contributed by atoms with Gasteiger partial charge in [-0.2, -0.15) is 0 Å². The number of aromatic nitrogens is 2. The van der Waals surface area contributed by atoms with E-state index in [4.69, 9.17) is 5.73 Å². The number of rotatable bonds is 3. The highest BCUT2D eigenvalue weighted by Crippen LogP contribution is 2.11. The molecule has 3 N–H and O–H groups in total. The van der Waals surface area contributed by atoms with E-state index in [1.165, 1.54) is 6.20 Å². The minimum atomic E-state index is -0.223. The Kier molecular flexibility index (Phi) is 3.52. The van der Waals surface area contributed by atoms with Gasteiger partial charge in [0.25, 0.3) is 5.91 Å². The Morgan fingerprint density at radius 3 is 2.61 bits per heavy atom. The van der Waals surface area contributed by atoms with E-state index in [1.807, 2.05) is 19.1 Å². The van der Waals surface area contributed by atoms with E-state index in [2.05, 4.69) is 15.3 Å². The summed E-state index contributed by atoms with van der Waals surface area (Å²) in [5, 5.41) is 2.86. The average Bonchev–Trinajstić information content (AvgIpc) is 2.40. The van der Waals surface area contributed by atoms with Gasteiger partial charge in [-0.05, 0) is 36.8 Å². The lowest BCUT2D eigenvalue weighted by Crippen LogP contribution is -2.27. The summed E-state index contributed by atoms with van der Waals surface area (Å²) in [4.78, 5) is 19.8. The lowest BCUT2D eigenvalue weighted by Gasteiger charge is -2.13. The van der Waals surface area contributed by atoms with Crippen molar-refractivity contribution in [2.45, 2.75) is 13.0 Å². The maximum Gasteiger partial charge on any atom is 0.270 e. The Labute approximate surface area is 105 Å². The molecule has 2 aromatic heterocycles. The largest absolute Gasteiger partial charge is 0.397 e. The summed E-state index contributed by atoms with van der Waals surface area (Å²) in [5.41, 5.74) is 7.40. The Hall–Kier alpha value is -2.43. The number of carbonyl (C=O) groups is 1. The van der Waals surface area contributed by atoms with Gasteiger partial charge in [-0.1, -0.05) is 0 Å². The molecule has 18 heavy (non-hydrogen) atoms. The molecule has 0 aliphatic carbocycles. The number of nitrogen functional groups attached to an aromatic ring is 1. The molecule has 5 nitrogen and oxygen atoms in total. The fourth-order valence-electron chi connectivity index (χ4n) is 1.55. The molecule has 0 aromatic carbocycles. The third-order valence-corrected chi connectivity index (χ3v) is 2.57. The number of nitrogens with one attached hydrogen (secondary N) is 1. The Balaban J connectivity index is 2.06. The van der Waals surface area contributed by atoms with Crippen molar-refractivity contribution in [3.05, 3.63) is 54.1 Å². The number of amides is 1. The first-order valence-corrected chi connectivity index (χ1v) is 5.59. The number of nitrogens with two attached hydrogens (primary N) is 1. The zero-order valence-corrected chi connectivity index (χ0v) is 10.00. The molecule has 92 valence electrons. The second-order valence-corrected chi connectivity index (χ2v) is 3.95. The molecule has 2 aromatic rings. The van der Waals surface area contributed by atoms with Gasteiger partial charge in [0.05, 0.1) is 17.9 Å². The molecule has 0 spiro atoms. The molecule has 0 bridgehead atoms. The van der Waals surface area contributed by atoms with E-state index < -0.39 is 0 Å². The van der Waals surface area contributed by atoms with Crippen LogP contribution in [0, 0.1) is 0 Å². The van der Waals surface area contributed by atoms with Crippen molar-refractivity contribution in [2.75, 3.05) is 5.73 Å². The van der Waals surface area contributed by atoms with E-state index in [-0.39, 0.29) is 11.9 Å². The molecule has 1 unspecified atom stereocenters. The molecule has 5 heteroatoms. The molecule has 2 rings (SSSR count). The predicted molar refractivity (Wildman–Crippen MR) is 68.8 cm³/mol. The van der Waals surface area contributed by atoms with Gasteiger partial charge in [0.15, 0.2) is 0 Å². The third kappa shape index (κ3) is 2.82. The summed E-state index contributed by atoms with van der Waals surface area (Å²) in [7, 11) is 0. The first-order chi connectivity index (χ1) is 8.66. The molecule has 1 amide bonds. The number of anilines is 1. The summed E-state index contributed by atoms with van der Waals surface area (Å²) in [6, 6.07) is 6.88. The normalized spacial score (nSPS) is 11.8. The van der Waals surface area contributed by atoms with Crippen LogP contribution < -0.4 is 11.1 Å². The molecule has 0 saturated heterocycles. The Morgan fingerprint density at radius 2 is 2.00 bits per heavy atom. The van der Waals surface area contributed by atoms with Gasteiger partial charge >= 0.3 is 0 Å². The number of hydrogen-bond acceptors (Lipinski definition) is 4. The van der Waals surface area contributed by atoms with Gasteiger partial charge in [-0.25, -0.2) is 4.98 Å². The predicted octanol–water partition coefficient (Wildman–Crippen LogP) is 1.55. The van der Waals surface area contributed by atoms with Crippen molar-refractivity contribution < 1.29 is 4.79 Å². The number of nitrogens with zero attached hydrogens (tertiary/aromatic N) is 2. The molecular formula is C13H14N4O. The summed E-state index contributed by atoms with van der Waals surface area (Å²) in [6.45, 7) is 1.91. The number of pyridine rings is 2. The van der Waals surface area contributed by atoms with E-state index in [0.29, 0.717) is 11.4 Å². The van der Waals surface area contributed by atoms with Crippen LogP contribution in [0.25, 0.3) is 0 Å².